The van der Waals surface area contributed by atoms with Crippen molar-refractivity contribution in [2.75, 3.05) is 13.2 Å². The maximum absolute atomic E-state index is 13.4. The van der Waals surface area contributed by atoms with Crippen LogP contribution < -0.4 is 4.74 Å². The number of ether oxygens (including phenoxy) is 2. The molecule has 1 atom stereocenters. The number of esters is 1. The van der Waals surface area contributed by atoms with Crippen LogP contribution in [-0.2, 0) is 15.7 Å². The van der Waals surface area contributed by atoms with Gasteiger partial charge in [0.2, 0.25) is 0 Å². The Hall–Kier alpha value is -3.26. The number of benzene rings is 2. The van der Waals surface area contributed by atoms with Gasteiger partial charge < -0.3 is 19.0 Å². The van der Waals surface area contributed by atoms with Crippen molar-refractivity contribution in [2.45, 2.75) is 19.2 Å². The molecule has 0 aliphatic carbocycles. The minimum atomic E-state index is -4.51. The van der Waals surface area contributed by atoms with Crippen molar-refractivity contribution >= 4 is 16.9 Å². The molecule has 8 heteroatoms. The number of alkyl halides is 3. The summed E-state index contributed by atoms with van der Waals surface area (Å²) in [5, 5.41) is 10.4. The number of rotatable bonds is 7. The predicted molar refractivity (Wildman–Crippen MR) is 104 cm³/mol. The number of aliphatic hydroxyl groups is 1. The molecule has 30 heavy (non-hydrogen) atoms. The first-order valence-corrected chi connectivity index (χ1v) is 8.99. The molecule has 1 aromatic heterocycles. The molecule has 0 aliphatic rings. The third kappa shape index (κ3) is 5.01. The molecule has 0 saturated carbocycles. The van der Waals surface area contributed by atoms with E-state index < -0.39 is 23.8 Å². The highest BCUT2D eigenvalue weighted by Crippen LogP contribution is 2.39. The lowest BCUT2D eigenvalue weighted by Crippen LogP contribution is -2.24. The molecule has 1 unspecified atom stereocenters. The van der Waals surface area contributed by atoms with E-state index in [9.17, 15) is 23.1 Å². The molecule has 0 fully saturated rings. The first-order chi connectivity index (χ1) is 14.2. The van der Waals surface area contributed by atoms with E-state index in [2.05, 4.69) is 6.58 Å². The summed E-state index contributed by atoms with van der Waals surface area (Å²) in [6, 6.07) is 10.3. The molecule has 0 aliphatic heterocycles. The normalized spacial score (nSPS) is 12.6. The van der Waals surface area contributed by atoms with Gasteiger partial charge in [0.1, 0.15) is 36.4 Å². The minimum Gasteiger partial charge on any atom is -0.491 e. The van der Waals surface area contributed by atoms with Gasteiger partial charge in [-0.2, -0.15) is 13.2 Å². The summed E-state index contributed by atoms with van der Waals surface area (Å²) >= 11 is 0. The van der Waals surface area contributed by atoms with E-state index in [4.69, 9.17) is 13.9 Å². The third-order valence-corrected chi connectivity index (χ3v) is 4.26. The maximum Gasteiger partial charge on any atom is 0.417 e. The number of carbonyl (C=O) groups excluding carboxylic acids is 1. The van der Waals surface area contributed by atoms with Crippen LogP contribution in [0.3, 0.4) is 0 Å². The zero-order chi connectivity index (χ0) is 21.9. The fraction of sp³-hybridized carbons (Fsp3) is 0.227. The van der Waals surface area contributed by atoms with Crippen molar-refractivity contribution in [1.29, 1.82) is 0 Å². The Morgan fingerprint density at radius 3 is 2.67 bits per heavy atom. The summed E-state index contributed by atoms with van der Waals surface area (Å²) in [6.45, 7) is 4.43. The molecular formula is C22H19F3O5. The van der Waals surface area contributed by atoms with Crippen LogP contribution in [0.15, 0.2) is 59.5 Å². The standard InChI is InChI=1S/C22H19F3O5/c1-3-21(27)29-12-15(26)11-28-16-6-5-14-9-20(30-19(14)10-16)17-7-4-13(2)8-18(17)22(23,24)25/h3-10,15,26H,1,11-12H2,2H3. The highest BCUT2D eigenvalue weighted by molar-refractivity contribution is 5.84. The van der Waals surface area contributed by atoms with Gasteiger partial charge in [-0.1, -0.05) is 24.3 Å². The highest BCUT2D eigenvalue weighted by Gasteiger charge is 2.34. The smallest absolute Gasteiger partial charge is 0.417 e. The number of furan rings is 1. The molecule has 1 N–H and O–H groups in total. The van der Waals surface area contributed by atoms with Crippen LogP contribution in [0, 0.1) is 6.92 Å². The zero-order valence-electron chi connectivity index (χ0n) is 16.0. The molecule has 0 radical (unpaired) electrons. The fourth-order valence-corrected chi connectivity index (χ4v) is 2.82. The van der Waals surface area contributed by atoms with Gasteiger partial charge in [-0.3, -0.25) is 0 Å². The molecule has 2 aromatic carbocycles. The lowest BCUT2D eigenvalue weighted by molar-refractivity contribution is -0.141. The van der Waals surface area contributed by atoms with Crippen molar-refractivity contribution in [3.05, 3.63) is 66.2 Å². The van der Waals surface area contributed by atoms with Crippen LogP contribution in [0.1, 0.15) is 11.1 Å². The number of hydrogen-bond acceptors (Lipinski definition) is 5. The van der Waals surface area contributed by atoms with Gasteiger partial charge in [-0.05, 0) is 31.2 Å². The monoisotopic (exact) mass is 420 g/mol. The number of hydrogen-bond donors (Lipinski definition) is 1. The number of fused-ring (bicyclic) bond motifs is 1. The molecule has 3 aromatic rings. The number of aliphatic hydroxyl groups excluding tert-OH is 1. The van der Waals surface area contributed by atoms with Gasteiger partial charge in [-0.25, -0.2) is 4.79 Å². The van der Waals surface area contributed by atoms with Crippen molar-refractivity contribution < 1.29 is 37.0 Å². The van der Waals surface area contributed by atoms with Crippen LogP contribution in [0.5, 0.6) is 5.75 Å². The molecule has 5 nitrogen and oxygen atoms in total. The quantitative estimate of drug-likeness (QED) is 0.435. The molecule has 0 bridgehead atoms. The highest BCUT2D eigenvalue weighted by atomic mass is 19.4. The largest absolute Gasteiger partial charge is 0.491 e. The summed E-state index contributed by atoms with van der Waals surface area (Å²) in [4.78, 5) is 11.0. The topological polar surface area (TPSA) is 68.9 Å². The lowest BCUT2D eigenvalue weighted by atomic mass is 10.0. The molecule has 0 spiro atoms. The number of carbonyl (C=O) groups is 1. The number of halogens is 3. The van der Waals surface area contributed by atoms with Crippen LogP contribution in [0.4, 0.5) is 13.2 Å². The lowest BCUT2D eigenvalue weighted by Gasteiger charge is -2.12. The molecule has 158 valence electrons. The Bertz CT molecular complexity index is 1070. The number of aryl methyl sites for hydroxylation is 1. The molecule has 0 saturated heterocycles. The van der Waals surface area contributed by atoms with E-state index >= 15 is 0 Å². The van der Waals surface area contributed by atoms with Gasteiger partial charge in [-0.15, -0.1) is 0 Å². The van der Waals surface area contributed by atoms with Crippen molar-refractivity contribution in [1.82, 2.24) is 0 Å². The van der Waals surface area contributed by atoms with Crippen LogP contribution >= 0.6 is 0 Å². The Morgan fingerprint density at radius 1 is 1.20 bits per heavy atom. The summed E-state index contributed by atoms with van der Waals surface area (Å²) < 4.78 is 56.1. The minimum absolute atomic E-state index is 0.0498. The van der Waals surface area contributed by atoms with Gasteiger partial charge in [0.05, 0.1) is 5.56 Å². The summed E-state index contributed by atoms with van der Waals surface area (Å²) in [6.07, 6.45) is -4.59. The summed E-state index contributed by atoms with van der Waals surface area (Å²) in [5.74, 6) is -0.226. The average Bonchev–Trinajstić information content (AvgIpc) is 3.12. The molecule has 0 amide bonds. The average molecular weight is 420 g/mol. The van der Waals surface area contributed by atoms with E-state index in [0.717, 1.165) is 12.1 Å². The van der Waals surface area contributed by atoms with Crippen LogP contribution in [0.2, 0.25) is 0 Å². The fourth-order valence-electron chi connectivity index (χ4n) is 2.82. The van der Waals surface area contributed by atoms with E-state index in [0.29, 0.717) is 22.3 Å². The Kier molecular flexibility index (Phi) is 6.17. The second-order valence-corrected chi connectivity index (χ2v) is 6.66. The summed E-state index contributed by atoms with van der Waals surface area (Å²) in [5.41, 5.74) is 0.0143. The van der Waals surface area contributed by atoms with Crippen molar-refractivity contribution in [2.24, 2.45) is 0 Å². The Labute approximate surface area is 170 Å². The SMILES string of the molecule is C=CC(=O)OCC(O)COc1ccc2cc(-c3ccc(C)cc3C(F)(F)F)oc2c1. The van der Waals surface area contributed by atoms with Crippen LogP contribution in [-0.4, -0.2) is 30.4 Å². The van der Waals surface area contributed by atoms with Gasteiger partial charge in [0.25, 0.3) is 0 Å². The van der Waals surface area contributed by atoms with E-state index in [1.807, 2.05) is 0 Å². The molecular weight excluding hydrogens is 401 g/mol. The second-order valence-electron chi connectivity index (χ2n) is 6.66. The third-order valence-electron chi connectivity index (χ3n) is 4.26. The van der Waals surface area contributed by atoms with Crippen molar-refractivity contribution in [3.63, 3.8) is 0 Å². The first-order valence-electron chi connectivity index (χ1n) is 8.99. The summed E-state index contributed by atoms with van der Waals surface area (Å²) in [7, 11) is 0. The Morgan fingerprint density at radius 2 is 1.97 bits per heavy atom. The molecule has 3 rings (SSSR count). The van der Waals surface area contributed by atoms with Gasteiger partial charge in [0, 0.05) is 23.1 Å². The molecule has 1 heterocycles. The van der Waals surface area contributed by atoms with Gasteiger partial charge >= 0.3 is 12.1 Å². The van der Waals surface area contributed by atoms with Crippen LogP contribution in [0.25, 0.3) is 22.3 Å². The predicted octanol–water partition coefficient (Wildman–Crippen LogP) is 4.90. The zero-order valence-corrected chi connectivity index (χ0v) is 16.0. The first kappa shape index (κ1) is 21.4. The van der Waals surface area contributed by atoms with Crippen molar-refractivity contribution in [3.8, 4) is 17.1 Å². The second kappa shape index (κ2) is 8.62. The van der Waals surface area contributed by atoms with Gasteiger partial charge in [0.15, 0.2) is 0 Å². The Balaban J connectivity index is 1.79. The maximum atomic E-state index is 13.4. The van der Waals surface area contributed by atoms with E-state index in [1.165, 1.54) is 18.2 Å². The van der Waals surface area contributed by atoms with E-state index in [1.54, 1.807) is 25.1 Å². The van der Waals surface area contributed by atoms with E-state index in [-0.39, 0.29) is 24.5 Å².